The summed E-state index contributed by atoms with van der Waals surface area (Å²) < 4.78 is 2.72. The van der Waals surface area contributed by atoms with Crippen LogP contribution in [-0.4, -0.2) is 15.3 Å². The van der Waals surface area contributed by atoms with Gasteiger partial charge in [-0.2, -0.15) is 0 Å². The van der Waals surface area contributed by atoms with Gasteiger partial charge in [0.25, 0.3) is 0 Å². The summed E-state index contributed by atoms with van der Waals surface area (Å²) in [7, 11) is 1.84. The molecule has 0 aliphatic carbocycles. The Hall–Kier alpha value is -0.940. The van der Waals surface area contributed by atoms with E-state index in [1.807, 2.05) is 13.1 Å². The Morgan fingerprint density at radius 3 is 2.86 bits per heavy atom. The number of carbonyl (C=O) groups is 1. The zero-order valence-corrected chi connectivity index (χ0v) is 9.80. The van der Waals surface area contributed by atoms with Gasteiger partial charge in [-0.1, -0.05) is 0 Å². The third-order valence-corrected chi connectivity index (χ3v) is 3.36. The van der Waals surface area contributed by atoms with Gasteiger partial charge in [0.05, 0.1) is 15.0 Å². The molecule has 5 heteroatoms. The molecule has 0 amide bonds. The molecule has 2 rings (SSSR count). The molecule has 0 saturated heterocycles. The summed E-state index contributed by atoms with van der Waals surface area (Å²) in [5, 5.41) is 0. The van der Waals surface area contributed by atoms with E-state index in [1.165, 1.54) is 11.3 Å². The quantitative estimate of drug-likeness (QED) is 0.786. The van der Waals surface area contributed by atoms with Crippen molar-refractivity contribution in [3.63, 3.8) is 0 Å². The second-order valence-electron chi connectivity index (χ2n) is 2.86. The fourth-order valence-corrected chi connectivity index (χ4v) is 2.43. The average Bonchev–Trinajstić information content (AvgIpc) is 2.73. The number of aromatic nitrogens is 2. The van der Waals surface area contributed by atoms with Gasteiger partial charge in [-0.05, 0) is 28.1 Å². The van der Waals surface area contributed by atoms with Gasteiger partial charge in [-0.3, -0.25) is 4.79 Å². The largest absolute Gasteiger partial charge is 0.340 e. The maximum absolute atomic E-state index is 11.8. The first-order valence-electron chi connectivity index (χ1n) is 3.95. The monoisotopic (exact) mass is 270 g/mol. The molecule has 3 nitrogen and oxygen atoms in total. The number of imidazole rings is 1. The molecule has 72 valence electrons. The van der Waals surface area contributed by atoms with Crippen LogP contribution in [-0.2, 0) is 7.05 Å². The van der Waals surface area contributed by atoms with Crippen LogP contribution in [0.4, 0.5) is 0 Å². The highest BCUT2D eigenvalue weighted by molar-refractivity contribution is 9.11. The number of rotatable bonds is 2. The van der Waals surface area contributed by atoms with E-state index in [-0.39, 0.29) is 5.78 Å². The van der Waals surface area contributed by atoms with Crippen molar-refractivity contribution in [2.24, 2.45) is 7.05 Å². The van der Waals surface area contributed by atoms with Crippen LogP contribution in [0.3, 0.4) is 0 Å². The van der Waals surface area contributed by atoms with Crippen LogP contribution >= 0.6 is 27.3 Å². The van der Waals surface area contributed by atoms with E-state index in [0.29, 0.717) is 10.6 Å². The zero-order valence-electron chi connectivity index (χ0n) is 7.40. The van der Waals surface area contributed by atoms with Crippen molar-refractivity contribution in [2.45, 2.75) is 0 Å². The third kappa shape index (κ3) is 1.78. The van der Waals surface area contributed by atoms with Crippen molar-refractivity contribution >= 4 is 33.0 Å². The Bertz CT molecular complexity index is 432. The van der Waals surface area contributed by atoms with E-state index >= 15 is 0 Å². The van der Waals surface area contributed by atoms with Gasteiger partial charge in [0, 0.05) is 13.2 Å². The van der Waals surface area contributed by atoms with Gasteiger partial charge in [0.1, 0.15) is 5.69 Å². The van der Waals surface area contributed by atoms with Gasteiger partial charge < -0.3 is 4.57 Å². The second-order valence-corrected chi connectivity index (χ2v) is 5.32. The number of ketones is 1. The predicted octanol–water partition coefficient (Wildman–Crippen LogP) is 2.48. The summed E-state index contributed by atoms with van der Waals surface area (Å²) in [6, 6.07) is 3.66. The van der Waals surface area contributed by atoms with Crippen molar-refractivity contribution in [1.29, 1.82) is 0 Å². The van der Waals surface area contributed by atoms with Crippen LogP contribution in [0.15, 0.2) is 28.4 Å². The van der Waals surface area contributed by atoms with Crippen LogP contribution in [0.1, 0.15) is 15.4 Å². The van der Waals surface area contributed by atoms with Gasteiger partial charge in [0.15, 0.2) is 0 Å². The Labute approximate surface area is 93.5 Å². The molecule has 0 aliphatic rings. The van der Waals surface area contributed by atoms with Crippen LogP contribution in [0.25, 0.3) is 0 Å². The number of carbonyl (C=O) groups excluding carboxylic acids is 1. The molecule has 14 heavy (non-hydrogen) atoms. The number of thiophene rings is 1. The minimum atomic E-state index is -0.0266. The average molecular weight is 271 g/mol. The number of nitrogens with zero attached hydrogens (tertiary/aromatic N) is 2. The molecule has 2 aromatic rings. The standard InChI is InChI=1S/C9H7BrN2OS/c1-12-4-6(11-5-12)9(13)7-2-3-8(10)14-7/h2-5H,1H3. The predicted molar refractivity (Wildman–Crippen MR) is 58.7 cm³/mol. The van der Waals surface area contributed by atoms with E-state index < -0.39 is 0 Å². The van der Waals surface area contributed by atoms with Crippen LogP contribution < -0.4 is 0 Å². The zero-order chi connectivity index (χ0) is 10.1. The van der Waals surface area contributed by atoms with E-state index in [0.717, 1.165) is 3.79 Å². The summed E-state index contributed by atoms with van der Waals surface area (Å²) >= 11 is 4.74. The Kier molecular flexibility index (Phi) is 2.52. The van der Waals surface area contributed by atoms with E-state index in [4.69, 9.17) is 0 Å². The molecular weight excluding hydrogens is 264 g/mol. The normalized spacial score (nSPS) is 10.4. The van der Waals surface area contributed by atoms with Crippen molar-refractivity contribution in [1.82, 2.24) is 9.55 Å². The molecule has 0 aromatic carbocycles. The third-order valence-electron chi connectivity index (χ3n) is 1.73. The van der Waals surface area contributed by atoms with Crippen molar-refractivity contribution < 1.29 is 4.79 Å². The highest BCUT2D eigenvalue weighted by atomic mass is 79.9. The molecule has 0 radical (unpaired) electrons. The minimum Gasteiger partial charge on any atom is -0.340 e. The lowest BCUT2D eigenvalue weighted by molar-refractivity contribution is 0.103. The Balaban J connectivity index is 2.33. The summed E-state index contributed by atoms with van der Waals surface area (Å²) in [5.74, 6) is -0.0266. The lowest BCUT2D eigenvalue weighted by atomic mass is 10.2. The summed E-state index contributed by atoms with van der Waals surface area (Å²) in [6.45, 7) is 0. The fraction of sp³-hybridized carbons (Fsp3) is 0.111. The highest BCUT2D eigenvalue weighted by Crippen LogP contribution is 2.23. The summed E-state index contributed by atoms with van der Waals surface area (Å²) in [4.78, 5) is 16.5. The molecule has 0 saturated carbocycles. The first-order valence-corrected chi connectivity index (χ1v) is 5.56. The summed E-state index contributed by atoms with van der Waals surface area (Å²) in [6.07, 6.45) is 3.34. The number of hydrogen-bond acceptors (Lipinski definition) is 3. The molecule has 0 fully saturated rings. The lowest BCUT2D eigenvalue weighted by Crippen LogP contribution is -1.98. The van der Waals surface area contributed by atoms with Crippen LogP contribution in [0, 0.1) is 0 Å². The van der Waals surface area contributed by atoms with E-state index in [2.05, 4.69) is 20.9 Å². The molecule has 0 aliphatic heterocycles. The van der Waals surface area contributed by atoms with Crippen molar-refractivity contribution in [2.75, 3.05) is 0 Å². The van der Waals surface area contributed by atoms with Gasteiger partial charge in [-0.15, -0.1) is 11.3 Å². The van der Waals surface area contributed by atoms with Crippen molar-refractivity contribution in [3.05, 3.63) is 39.0 Å². The number of aryl methyl sites for hydroxylation is 1. The van der Waals surface area contributed by atoms with Gasteiger partial charge in [0.2, 0.25) is 5.78 Å². The number of hydrogen-bond donors (Lipinski definition) is 0. The Morgan fingerprint density at radius 1 is 1.57 bits per heavy atom. The summed E-state index contributed by atoms with van der Waals surface area (Å²) in [5.41, 5.74) is 0.488. The van der Waals surface area contributed by atoms with E-state index in [1.54, 1.807) is 23.2 Å². The van der Waals surface area contributed by atoms with E-state index in [9.17, 15) is 4.79 Å². The SMILES string of the molecule is Cn1cnc(C(=O)c2ccc(Br)s2)c1. The lowest BCUT2D eigenvalue weighted by Gasteiger charge is -1.90. The van der Waals surface area contributed by atoms with Crippen LogP contribution in [0.2, 0.25) is 0 Å². The molecule has 0 bridgehead atoms. The molecule has 2 heterocycles. The molecule has 0 atom stereocenters. The van der Waals surface area contributed by atoms with Crippen LogP contribution in [0.5, 0.6) is 0 Å². The maximum Gasteiger partial charge on any atom is 0.222 e. The molecular formula is C9H7BrN2OS. The maximum atomic E-state index is 11.8. The Morgan fingerprint density at radius 2 is 2.36 bits per heavy atom. The van der Waals surface area contributed by atoms with Gasteiger partial charge >= 0.3 is 0 Å². The molecule has 0 unspecified atom stereocenters. The molecule has 0 spiro atoms. The first kappa shape index (κ1) is 9.61. The topological polar surface area (TPSA) is 34.9 Å². The number of halogens is 1. The molecule has 0 N–H and O–H groups in total. The second kappa shape index (κ2) is 3.67. The minimum absolute atomic E-state index is 0.0266. The highest BCUT2D eigenvalue weighted by Gasteiger charge is 2.13. The first-order chi connectivity index (χ1) is 6.66. The molecule has 2 aromatic heterocycles. The van der Waals surface area contributed by atoms with Gasteiger partial charge in [-0.25, -0.2) is 4.98 Å². The fourth-order valence-electron chi connectivity index (χ4n) is 1.09. The van der Waals surface area contributed by atoms with Crippen molar-refractivity contribution in [3.8, 4) is 0 Å². The smallest absolute Gasteiger partial charge is 0.222 e.